The number of carbonyl (C=O) groups is 1. The molecule has 152 valence electrons. The monoisotopic (exact) mass is 405 g/mol. The van der Waals surface area contributed by atoms with Crippen molar-refractivity contribution in [1.29, 1.82) is 0 Å². The molecule has 2 aromatic carbocycles. The molecule has 0 radical (unpaired) electrons. The van der Waals surface area contributed by atoms with Crippen molar-refractivity contribution < 1.29 is 27.3 Å². The summed E-state index contributed by atoms with van der Waals surface area (Å²) in [5, 5.41) is 3.01. The maximum Gasteiger partial charge on any atom is 0.336 e. The number of hydrogen-bond donors (Lipinski definition) is 2. The molecule has 1 aromatic heterocycles. The minimum atomic E-state index is -1.64. The van der Waals surface area contributed by atoms with Crippen LogP contribution >= 0.6 is 0 Å². The van der Waals surface area contributed by atoms with Crippen molar-refractivity contribution in [1.82, 2.24) is 0 Å². The zero-order valence-electron chi connectivity index (χ0n) is 15.9. The number of carbonyl (C=O) groups excluding carboxylic acids is 1. The standard InChI is InChI=1S/C21H19F3N2O3/c1-3-12-4-5-14-13(9-19(28)29-17(14)8-12)10-26(2)11-18(27)25-16-7-6-15(22)20(23)21(16)24/h4-9H,3,10-11H2,1-2H3,(H,25,27)/p+1. The molecule has 3 rings (SSSR count). The molecule has 0 spiro atoms. The largest absolute Gasteiger partial charge is 0.423 e. The summed E-state index contributed by atoms with van der Waals surface area (Å²) in [6.45, 7) is 2.25. The van der Waals surface area contributed by atoms with Crippen molar-refractivity contribution in [3.05, 3.63) is 75.4 Å². The molecule has 29 heavy (non-hydrogen) atoms. The van der Waals surface area contributed by atoms with Crippen LogP contribution in [-0.4, -0.2) is 19.5 Å². The molecule has 1 heterocycles. The molecule has 1 atom stereocenters. The minimum Gasteiger partial charge on any atom is -0.423 e. The molecule has 0 aliphatic heterocycles. The first-order valence-electron chi connectivity index (χ1n) is 9.08. The summed E-state index contributed by atoms with van der Waals surface area (Å²) in [5.74, 6) is -5.00. The van der Waals surface area contributed by atoms with Crippen LogP contribution in [0.15, 0.2) is 45.6 Å². The van der Waals surface area contributed by atoms with Gasteiger partial charge in [0.25, 0.3) is 5.91 Å². The third kappa shape index (κ3) is 4.65. The lowest BCUT2D eigenvalue weighted by Crippen LogP contribution is -3.08. The second kappa shape index (κ2) is 8.48. The maximum absolute atomic E-state index is 13.7. The lowest BCUT2D eigenvalue weighted by atomic mass is 10.1. The highest BCUT2D eigenvalue weighted by Crippen LogP contribution is 2.20. The van der Waals surface area contributed by atoms with Crippen LogP contribution in [0.2, 0.25) is 0 Å². The molecule has 0 aliphatic carbocycles. The van der Waals surface area contributed by atoms with Crippen LogP contribution in [0.5, 0.6) is 0 Å². The fourth-order valence-corrected chi connectivity index (χ4v) is 3.12. The van der Waals surface area contributed by atoms with Gasteiger partial charge in [-0.2, -0.15) is 0 Å². The number of aryl methyl sites for hydroxylation is 1. The summed E-state index contributed by atoms with van der Waals surface area (Å²) in [6, 6.07) is 8.71. The number of quaternary nitrogens is 1. The topological polar surface area (TPSA) is 63.8 Å². The number of benzene rings is 2. The van der Waals surface area contributed by atoms with Crippen LogP contribution in [0, 0.1) is 17.5 Å². The van der Waals surface area contributed by atoms with E-state index < -0.39 is 34.7 Å². The average Bonchev–Trinajstić information content (AvgIpc) is 2.67. The number of fused-ring (bicyclic) bond motifs is 1. The molecule has 0 saturated carbocycles. The molecular formula is C21H20F3N2O3+. The third-order valence-corrected chi connectivity index (χ3v) is 4.57. The van der Waals surface area contributed by atoms with E-state index in [2.05, 4.69) is 5.32 Å². The Kier molecular flexibility index (Phi) is 6.03. The SMILES string of the molecule is CCc1ccc2c(C[NH+](C)CC(=O)Nc3ccc(F)c(F)c3F)cc(=O)oc2c1. The van der Waals surface area contributed by atoms with E-state index in [4.69, 9.17) is 4.42 Å². The van der Waals surface area contributed by atoms with Gasteiger partial charge in [0.05, 0.1) is 12.7 Å². The number of rotatable bonds is 6. The van der Waals surface area contributed by atoms with Gasteiger partial charge >= 0.3 is 5.63 Å². The number of halogens is 3. The van der Waals surface area contributed by atoms with E-state index >= 15 is 0 Å². The van der Waals surface area contributed by atoms with Crippen LogP contribution < -0.4 is 15.8 Å². The van der Waals surface area contributed by atoms with Gasteiger partial charge in [0, 0.05) is 17.0 Å². The Morgan fingerprint density at radius 1 is 1.10 bits per heavy atom. The van der Waals surface area contributed by atoms with Crippen LogP contribution in [0.25, 0.3) is 11.0 Å². The quantitative estimate of drug-likeness (QED) is 0.489. The van der Waals surface area contributed by atoms with Gasteiger partial charge in [0.15, 0.2) is 24.0 Å². The number of nitrogens with one attached hydrogen (secondary N) is 2. The molecular weight excluding hydrogens is 385 g/mol. The van der Waals surface area contributed by atoms with E-state index in [9.17, 15) is 22.8 Å². The normalized spacial score (nSPS) is 12.2. The molecule has 1 amide bonds. The smallest absolute Gasteiger partial charge is 0.336 e. The predicted molar refractivity (Wildman–Crippen MR) is 102 cm³/mol. The second-order valence-electron chi connectivity index (χ2n) is 6.86. The van der Waals surface area contributed by atoms with E-state index in [1.807, 2.05) is 25.1 Å². The Hall–Kier alpha value is -3.13. The first kappa shape index (κ1) is 20.6. The predicted octanol–water partition coefficient (Wildman–Crippen LogP) is 2.43. The number of anilines is 1. The fraction of sp³-hybridized carbons (Fsp3) is 0.238. The Labute approximate surface area is 164 Å². The highest BCUT2D eigenvalue weighted by atomic mass is 19.2. The average molecular weight is 405 g/mol. The molecule has 0 saturated heterocycles. The van der Waals surface area contributed by atoms with Crippen molar-refractivity contribution in [2.24, 2.45) is 0 Å². The van der Waals surface area contributed by atoms with Crippen LogP contribution in [0.4, 0.5) is 18.9 Å². The zero-order valence-corrected chi connectivity index (χ0v) is 15.9. The molecule has 0 bridgehead atoms. The summed E-state index contributed by atoms with van der Waals surface area (Å²) in [7, 11) is 1.72. The van der Waals surface area contributed by atoms with Crippen molar-refractivity contribution in [2.45, 2.75) is 19.9 Å². The fourth-order valence-electron chi connectivity index (χ4n) is 3.12. The van der Waals surface area contributed by atoms with Gasteiger partial charge in [-0.25, -0.2) is 18.0 Å². The van der Waals surface area contributed by atoms with Gasteiger partial charge in [-0.05, 0) is 30.2 Å². The van der Waals surface area contributed by atoms with E-state index in [-0.39, 0.29) is 6.54 Å². The molecule has 1 unspecified atom stereocenters. The van der Waals surface area contributed by atoms with E-state index in [0.717, 1.165) is 29.5 Å². The highest BCUT2D eigenvalue weighted by Gasteiger charge is 2.18. The zero-order chi connectivity index (χ0) is 21.1. The van der Waals surface area contributed by atoms with E-state index in [1.54, 1.807) is 7.05 Å². The number of hydrogen-bond acceptors (Lipinski definition) is 3. The lowest BCUT2D eigenvalue weighted by Gasteiger charge is -2.15. The second-order valence-corrected chi connectivity index (χ2v) is 6.86. The summed E-state index contributed by atoms with van der Waals surface area (Å²) in [5.41, 5.74) is 1.31. The summed E-state index contributed by atoms with van der Waals surface area (Å²) >= 11 is 0. The lowest BCUT2D eigenvalue weighted by molar-refractivity contribution is -0.885. The van der Waals surface area contributed by atoms with Crippen molar-refractivity contribution in [3.8, 4) is 0 Å². The Balaban J connectivity index is 1.74. The minimum absolute atomic E-state index is 0.0762. The number of likely N-dealkylation sites (N-methyl/N-ethyl adjacent to an activating group) is 1. The first-order valence-corrected chi connectivity index (χ1v) is 9.08. The Bertz CT molecular complexity index is 1130. The van der Waals surface area contributed by atoms with Crippen LogP contribution in [0.1, 0.15) is 18.1 Å². The highest BCUT2D eigenvalue weighted by molar-refractivity contribution is 5.91. The van der Waals surface area contributed by atoms with E-state index in [1.165, 1.54) is 6.07 Å². The molecule has 5 nitrogen and oxygen atoms in total. The van der Waals surface area contributed by atoms with Crippen molar-refractivity contribution in [2.75, 3.05) is 18.9 Å². The molecule has 8 heteroatoms. The van der Waals surface area contributed by atoms with E-state index in [0.29, 0.717) is 22.6 Å². The molecule has 2 N–H and O–H groups in total. The summed E-state index contributed by atoms with van der Waals surface area (Å²) in [6.07, 6.45) is 0.801. The van der Waals surface area contributed by atoms with Gasteiger partial charge in [-0.1, -0.05) is 19.1 Å². The van der Waals surface area contributed by atoms with Gasteiger partial charge in [-0.3, -0.25) is 4.79 Å². The Morgan fingerprint density at radius 2 is 1.86 bits per heavy atom. The van der Waals surface area contributed by atoms with Gasteiger partial charge in [0.1, 0.15) is 12.1 Å². The molecule has 0 fully saturated rings. The first-order chi connectivity index (χ1) is 13.8. The summed E-state index contributed by atoms with van der Waals surface area (Å²) in [4.78, 5) is 24.8. The van der Waals surface area contributed by atoms with Crippen LogP contribution in [0.3, 0.4) is 0 Å². The molecule has 0 aliphatic rings. The van der Waals surface area contributed by atoms with Crippen molar-refractivity contribution >= 4 is 22.6 Å². The Morgan fingerprint density at radius 3 is 2.59 bits per heavy atom. The van der Waals surface area contributed by atoms with Gasteiger partial charge in [-0.15, -0.1) is 0 Å². The van der Waals surface area contributed by atoms with Gasteiger partial charge in [0.2, 0.25) is 0 Å². The number of amides is 1. The summed E-state index contributed by atoms with van der Waals surface area (Å²) < 4.78 is 45.3. The third-order valence-electron chi connectivity index (χ3n) is 4.57. The van der Waals surface area contributed by atoms with Gasteiger partial charge < -0.3 is 14.6 Å². The van der Waals surface area contributed by atoms with Crippen molar-refractivity contribution in [3.63, 3.8) is 0 Å². The molecule has 3 aromatic rings. The van der Waals surface area contributed by atoms with Crippen LogP contribution in [-0.2, 0) is 17.8 Å². The maximum atomic E-state index is 13.7.